The van der Waals surface area contributed by atoms with Gasteiger partial charge in [-0.2, -0.15) is 0 Å². The first-order valence-electron chi connectivity index (χ1n) is 6.37. The summed E-state index contributed by atoms with van der Waals surface area (Å²) in [5.41, 5.74) is 4.40. The molecular formula is C17H18O2. The number of hydrogen-bond acceptors (Lipinski definition) is 2. The van der Waals surface area contributed by atoms with Crippen LogP contribution in [0, 0.1) is 13.8 Å². The predicted octanol–water partition coefficient (Wildman–Crippen LogP) is 4.09. The van der Waals surface area contributed by atoms with Crippen molar-refractivity contribution in [2.75, 3.05) is 0 Å². The second-order valence-electron chi connectivity index (χ2n) is 4.74. The van der Waals surface area contributed by atoms with Crippen molar-refractivity contribution in [3.05, 3.63) is 64.7 Å². The SMILES string of the molecule is CC(=O)c1ccc(OCc2c(C)cccc2C)cc1. The average molecular weight is 254 g/mol. The van der Waals surface area contributed by atoms with Crippen LogP contribution in [0.5, 0.6) is 5.75 Å². The molecule has 0 fully saturated rings. The Hall–Kier alpha value is -2.09. The number of hydrogen-bond donors (Lipinski definition) is 0. The summed E-state index contributed by atoms with van der Waals surface area (Å²) < 4.78 is 5.78. The lowest BCUT2D eigenvalue weighted by Gasteiger charge is -2.11. The summed E-state index contributed by atoms with van der Waals surface area (Å²) in [5.74, 6) is 0.856. The van der Waals surface area contributed by atoms with Crippen LogP contribution in [0.1, 0.15) is 34.0 Å². The molecule has 0 aliphatic rings. The molecule has 0 unspecified atom stereocenters. The molecule has 2 nitrogen and oxygen atoms in total. The van der Waals surface area contributed by atoms with Crippen LogP contribution < -0.4 is 4.74 Å². The van der Waals surface area contributed by atoms with Crippen molar-refractivity contribution in [2.45, 2.75) is 27.4 Å². The lowest BCUT2D eigenvalue weighted by atomic mass is 10.0. The molecule has 2 heteroatoms. The molecule has 0 aromatic heterocycles. The molecule has 0 atom stereocenters. The Morgan fingerprint density at radius 1 is 1.00 bits per heavy atom. The quantitative estimate of drug-likeness (QED) is 0.768. The monoisotopic (exact) mass is 254 g/mol. The van der Waals surface area contributed by atoms with E-state index in [9.17, 15) is 4.79 Å². The Kier molecular flexibility index (Phi) is 4.00. The van der Waals surface area contributed by atoms with Gasteiger partial charge in [0.15, 0.2) is 5.78 Å². The van der Waals surface area contributed by atoms with Crippen molar-refractivity contribution < 1.29 is 9.53 Å². The van der Waals surface area contributed by atoms with Crippen LogP contribution in [0.2, 0.25) is 0 Å². The van der Waals surface area contributed by atoms with Crippen LogP contribution in [-0.4, -0.2) is 5.78 Å². The van der Waals surface area contributed by atoms with E-state index in [1.807, 2.05) is 12.1 Å². The molecule has 2 rings (SSSR count). The van der Waals surface area contributed by atoms with E-state index in [-0.39, 0.29) is 5.78 Å². The van der Waals surface area contributed by atoms with Crippen molar-refractivity contribution in [1.29, 1.82) is 0 Å². The van der Waals surface area contributed by atoms with Crippen molar-refractivity contribution in [3.8, 4) is 5.75 Å². The Labute approximate surface area is 114 Å². The van der Waals surface area contributed by atoms with E-state index in [0.717, 1.165) is 5.75 Å². The van der Waals surface area contributed by atoms with Gasteiger partial charge in [0, 0.05) is 5.56 Å². The smallest absolute Gasteiger partial charge is 0.159 e. The zero-order valence-electron chi connectivity index (χ0n) is 11.6. The highest BCUT2D eigenvalue weighted by Crippen LogP contribution is 2.18. The van der Waals surface area contributed by atoms with Gasteiger partial charge in [-0.25, -0.2) is 0 Å². The average Bonchev–Trinajstić information content (AvgIpc) is 2.38. The first-order valence-corrected chi connectivity index (χ1v) is 6.37. The molecular weight excluding hydrogens is 236 g/mol. The van der Waals surface area contributed by atoms with Crippen LogP contribution in [0.3, 0.4) is 0 Å². The van der Waals surface area contributed by atoms with Crippen LogP contribution in [0.15, 0.2) is 42.5 Å². The fraction of sp³-hybridized carbons (Fsp3) is 0.235. The number of carbonyl (C=O) groups is 1. The molecule has 0 aliphatic carbocycles. The third-order valence-corrected chi connectivity index (χ3v) is 3.29. The van der Waals surface area contributed by atoms with Gasteiger partial charge < -0.3 is 4.74 Å². The highest BCUT2D eigenvalue weighted by Gasteiger charge is 2.04. The number of ether oxygens (including phenoxy) is 1. The summed E-state index contributed by atoms with van der Waals surface area (Å²) in [5, 5.41) is 0. The van der Waals surface area contributed by atoms with Gasteiger partial charge in [0.25, 0.3) is 0 Å². The van der Waals surface area contributed by atoms with Gasteiger partial charge in [-0.15, -0.1) is 0 Å². The molecule has 19 heavy (non-hydrogen) atoms. The van der Waals surface area contributed by atoms with Crippen LogP contribution >= 0.6 is 0 Å². The molecule has 0 saturated heterocycles. The van der Waals surface area contributed by atoms with E-state index >= 15 is 0 Å². The van der Waals surface area contributed by atoms with Gasteiger partial charge in [0.05, 0.1) is 0 Å². The minimum Gasteiger partial charge on any atom is -0.489 e. The Bertz CT molecular complexity index is 562. The van der Waals surface area contributed by atoms with Crippen molar-refractivity contribution in [2.24, 2.45) is 0 Å². The molecule has 0 aliphatic heterocycles. The first-order chi connectivity index (χ1) is 9.08. The lowest BCUT2D eigenvalue weighted by molar-refractivity contribution is 0.101. The molecule has 0 bridgehead atoms. The number of ketones is 1. The fourth-order valence-electron chi connectivity index (χ4n) is 2.02. The topological polar surface area (TPSA) is 26.3 Å². The van der Waals surface area contributed by atoms with E-state index in [1.165, 1.54) is 16.7 Å². The molecule has 2 aromatic carbocycles. The summed E-state index contributed by atoms with van der Waals surface area (Å²) in [6, 6.07) is 13.5. The zero-order chi connectivity index (χ0) is 13.8. The molecule has 0 radical (unpaired) electrons. The maximum absolute atomic E-state index is 11.2. The Balaban J connectivity index is 2.08. The summed E-state index contributed by atoms with van der Waals surface area (Å²) in [6.45, 7) is 6.29. The van der Waals surface area contributed by atoms with Crippen molar-refractivity contribution >= 4 is 5.78 Å². The van der Waals surface area contributed by atoms with Gasteiger partial charge in [-0.3, -0.25) is 4.79 Å². The molecule has 0 N–H and O–H groups in total. The molecule has 0 saturated carbocycles. The number of benzene rings is 2. The minimum absolute atomic E-state index is 0.0706. The van der Waals surface area contributed by atoms with E-state index in [0.29, 0.717) is 12.2 Å². The number of carbonyl (C=O) groups excluding carboxylic acids is 1. The first kappa shape index (κ1) is 13.3. The maximum atomic E-state index is 11.2. The summed E-state index contributed by atoms with van der Waals surface area (Å²) >= 11 is 0. The number of rotatable bonds is 4. The highest BCUT2D eigenvalue weighted by atomic mass is 16.5. The molecule has 0 heterocycles. The third kappa shape index (κ3) is 3.22. The Morgan fingerprint density at radius 3 is 2.11 bits per heavy atom. The maximum Gasteiger partial charge on any atom is 0.159 e. The number of Topliss-reactive ketones (excluding diaryl/α,β-unsaturated/α-hetero) is 1. The standard InChI is InChI=1S/C17H18O2/c1-12-5-4-6-13(2)17(12)11-19-16-9-7-15(8-10-16)14(3)18/h4-10H,11H2,1-3H3. The normalized spacial score (nSPS) is 10.3. The van der Waals surface area contributed by atoms with Gasteiger partial charge in [-0.1, -0.05) is 18.2 Å². The second kappa shape index (κ2) is 5.70. The minimum atomic E-state index is 0.0706. The third-order valence-electron chi connectivity index (χ3n) is 3.29. The molecule has 98 valence electrons. The van der Waals surface area contributed by atoms with E-state index in [4.69, 9.17) is 4.74 Å². The molecule has 0 amide bonds. The van der Waals surface area contributed by atoms with Crippen LogP contribution in [0.4, 0.5) is 0 Å². The van der Waals surface area contributed by atoms with Crippen molar-refractivity contribution in [3.63, 3.8) is 0 Å². The van der Waals surface area contributed by atoms with Crippen LogP contribution in [-0.2, 0) is 6.61 Å². The van der Waals surface area contributed by atoms with E-state index in [1.54, 1.807) is 19.1 Å². The van der Waals surface area contributed by atoms with E-state index < -0.39 is 0 Å². The van der Waals surface area contributed by atoms with E-state index in [2.05, 4.69) is 32.0 Å². The van der Waals surface area contributed by atoms with Crippen molar-refractivity contribution in [1.82, 2.24) is 0 Å². The number of aryl methyl sites for hydroxylation is 2. The van der Waals surface area contributed by atoms with Gasteiger partial charge >= 0.3 is 0 Å². The largest absolute Gasteiger partial charge is 0.489 e. The lowest BCUT2D eigenvalue weighted by Crippen LogP contribution is -2.01. The summed E-state index contributed by atoms with van der Waals surface area (Å²) in [6.07, 6.45) is 0. The van der Waals surface area contributed by atoms with Gasteiger partial charge in [-0.05, 0) is 61.7 Å². The zero-order valence-corrected chi connectivity index (χ0v) is 11.6. The molecule has 2 aromatic rings. The second-order valence-corrected chi connectivity index (χ2v) is 4.74. The fourth-order valence-corrected chi connectivity index (χ4v) is 2.02. The van der Waals surface area contributed by atoms with Gasteiger partial charge in [0.2, 0.25) is 0 Å². The predicted molar refractivity (Wildman–Crippen MR) is 76.7 cm³/mol. The summed E-state index contributed by atoms with van der Waals surface area (Å²) in [7, 11) is 0. The molecule has 0 spiro atoms. The Morgan fingerprint density at radius 2 is 1.58 bits per heavy atom. The van der Waals surface area contributed by atoms with Gasteiger partial charge in [0.1, 0.15) is 12.4 Å². The highest BCUT2D eigenvalue weighted by molar-refractivity contribution is 5.94. The van der Waals surface area contributed by atoms with Crippen LogP contribution in [0.25, 0.3) is 0 Å². The summed E-state index contributed by atoms with van der Waals surface area (Å²) in [4.78, 5) is 11.2.